The fourth-order valence-electron chi connectivity index (χ4n) is 1.86. The highest BCUT2D eigenvalue weighted by atomic mass is 16.6. The van der Waals surface area contributed by atoms with Gasteiger partial charge in [0, 0.05) is 7.11 Å². The molecule has 0 spiro atoms. The summed E-state index contributed by atoms with van der Waals surface area (Å²) in [7, 11) is 1.25. The molecule has 18 heavy (non-hydrogen) atoms. The van der Waals surface area contributed by atoms with Crippen molar-refractivity contribution in [3.05, 3.63) is 0 Å². The topological polar surface area (TPSA) is 116 Å². The first-order valence-corrected chi connectivity index (χ1v) is 5.76. The number of carbonyl (C=O) groups is 1. The van der Waals surface area contributed by atoms with Crippen molar-refractivity contribution in [1.29, 1.82) is 0 Å². The summed E-state index contributed by atoms with van der Waals surface area (Å²) in [4.78, 5) is 11.5. The normalized spacial score (nSPS) is 40.9. The van der Waals surface area contributed by atoms with Gasteiger partial charge in [-0.15, -0.1) is 0 Å². The SMILES string of the molecule is CO[C@@H]1[C@@H](O)[C@@H](O)[C@H](O)[C@H](O)[C@H]1OC(=O)C(C)C. The lowest BCUT2D eigenvalue weighted by molar-refractivity contribution is -0.240. The molecule has 6 atom stereocenters. The molecule has 0 saturated heterocycles. The van der Waals surface area contributed by atoms with Crippen molar-refractivity contribution in [1.82, 2.24) is 0 Å². The van der Waals surface area contributed by atoms with Gasteiger partial charge >= 0.3 is 5.97 Å². The van der Waals surface area contributed by atoms with E-state index in [-0.39, 0.29) is 0 Å². The predicted octanol–water partition coefficient (Wildman–Crippen LogP) is -1.97. The Morgan fingerprint density at radius 3 is 1.78 bits per heavy atom. The van der Waals surface area contributed by atoms with Crippen LogP contribution in [-0.2, 0) is 14.3 Å². The highest BCUT2D eigenvalue weighted by molar-refractivity contribution is 5.71. The molecule has 0 aromatic heterocycles. The van der Waals surface area contributed by atoms with Gasteiger partial charge in [0.15, 0.2) is 6.10 Å². The minimum absolute atomic E-state index is 0.421. The molecule has 0 heterocycles. The van der Waals surface area contributed by atoms with Crippen LogP contribution in [0, 0.1) is 5.92 Å². The lowest BCUT2D eigenvalue weighted by Gasteiger charge is -2.42. The van der Waals surface area contributed by atoms with Crippen molar-refractivity contribution in [3.8, 4) is 0 Å². The number of carbonyl (C=O) groups excluding carboxylic acids is 1. The monoisotopic (exact) mass is 264 g/mol. The van der Waals surface area contributed by atoms with E-state index in [4.69, 9.17) is 9.47 Å². The fraction of sp³-hybridized carbons (Fsp3) is 0.909. The Kier molecular flexibility index (Phi) is 5.06. The zero-order valence-corrected chi connectivity index (χ0v) is 10.6. The first kappa shape index (κ1) is 15.3. The second-order valence-corrected chi connectivity index (χ2v) is 4.72. The second kappa shape index (κ2) is 5.94. The maximum atomic E-state index is 11.5. The summed E-state index contributed by atoms with van der Waals surface area (Å²) < 4.78 is 9.94. The highest BCUT2D eigenvalue weighted by Crippen LogP contribution is 2.26. The van der Waals surface area contributed by atoms with Gasteiger partial charge < -0.3 is 29.9 Å². The quantitative estimate of drug-likeness (QED) is 0.437. The molecule has 1 aliphatic carbocycles. The Morgan fingerprint density at radius 2 is 1.39 bits per heavy atom. The highest BCUT2D eigenvalue weighted by Gasteiger charge is 2.51. The molecular formula is C11H20O7. The maximum absolute atomic E-state index is 11.5. The van der Waals surface area contributed by atoms with E-state index in [1.807, 2.05) is 0 Å². The lowest BCUT2D eigenvalue weighted by Crippen LogP contribution is -2.65. The van der Waals surface area contributed by atoms with E-state index in [9.17, 15) is 25.2 Å². The van der Waals surface area contributed by atoms with Crippen LogP contribution in [0.5, 0.6) is 0 Å². The van der Waals surface area contributed by atoms with Crippen LogP contribution >= 0.6 is 0 Å². The standard InChI is InChI=1S/C11H20O7/c1-4(2)11(16)18-10-8(15)6(13)5(12)7(14)9(10)17-3/h4-10,12-15H,1-3H3/t5-,6-,7-,8-,9+,10+/m0/s1. The zero-order valence-electron chi connectivity index (χ0n) is 10.6. The van der Waals surface area contributed by atoms with Crippen molar-refractivity contribution >= 4 is 5.97 Å². The van der Waals surface area contributed by atoms with E-state index in [2.05, 4.69) is 0 Å². The van der Waals surface area contributed by atoms with Crippen LogP contribution < -0.4 is 0 Å². The van der Waals surface area contributed by atoms with E-state index in [1.165, 1.54) is 7.11 Å². The molecule has 0 unspecified atom stereocenters. The molecule has 0 aromatic carbocycles. The minimum Gasteiger partial charge on any atom is -0.456 e. The number of esters is 1. The molecule has 1 rings (SSSR count). The number of aliphatic hydroxyl groups is 4. The van der Waals surface area contributed by atoms with Crippen LogP contribution in [0.4, 0.5) is 0 Å². The van der Waals surface area contributed by atoms with Gasteiger partial charge in [-0.25, -0.2) is 0 Å². The number of ether oxygens (including phenoxy) is 2. The van der Waals surface area contributed by atoms with Crippen molar-refractivity contribution in [2.24, 2.45) is 5.92 Å². The number of methoxy groups -OCH3 is 1. The molecule has 1 aliphatic rings. The molecular weight excluding hydrogens is 244 g/mol. The van der Waals surface area contributed by atoms with Gasteiger partial charge in [0.2, 0.25) is 0 Å². The van der Waals surface area contributed by atoms with Gasteiger partial charge in [0.05, 0.1) is 5.92 Å². The Bertz CT molecular complexity index is 293. The molecule has 1 fully saturated rings. The first-order valence-electron chi connectivity index (χ1n) is 5.76. The summed E-state index contributed by atoms with van der Waals surface area (Å²) in [6, 6.07) is 0. The molecule has 0 radical (unpaired) electrons. The molecule has 7 heteroatoms. The van der Waals surface area contributed by atoms with Crippen molar-refractivity contribution in [2.75, 3.05) is 7.11 Å². The van der Waals surface area contributed by atoms with Crippen LogP contribution in [0.25, 0.3) is 0 Å². The van der Waals surface area contributed by atoms with Gasteiger partial charge in [0.1, 0.15) is 30.5 Å². The molecule has 4 N–H and O–H groups in total. The first-order chi connectivity index (χ1) is 8.31. The number of hydrogen-bond donors (Lipinski definition) is 4. The Balaban J connectivity index is 2.87. The zero-order chi connectivity index (χ0) is 14.0. The molecule has 0 aromatic rings. The van der Waals surface area contributed by atoms with Crippen molar-refractivity contribution < 1.29 is 34.7 Å². The summed E-state index contributed by atoms with van der Waals surface area (Å²) >= 11 is 0. The minimum atomic E-state index is -1.60. The molecule has 0 bridgehead atoms. The Labute approximate surface area is 105 Å². The van der Waals surface area contributed by atoms with E-state index in [0.29, 0.717) is 0 Å². The third-order valence-corrected chi connectivity index (χ3v) is 3.04. The fourth-order valence-corrected chi connectivity index (χ4v) is 1.86. The smallest absolute Gasteiger partial charge is 0.308 e. The van der Waals surface area contributed by atoms with Gasteiger partial charge in [-0.05, 0) is 0 Å². The summed E-state index contributed by atoms with van der Waals surface area (Å²) in [5.41, 5.74) is 0. The summed E-state index contributed by atoms with van der Waals surface area (Å²) in [5, 5.41) is 38.5. The van der Waals surface area contributed by atoms with Crippen LogP contribution in [-0.4, -0.2) is 70.1 Å². The predicted molar refractivity (Wildman–Crippen MR) is 59.5 cm³/mol. The van der Waals surface area contributed by atoms with Crippen LogP contribution in [0.3, 0.4) is 0 Å². The van der Waals surface area contributed by atoms with Gasteiger partial charge in [-0.1, -0.05) is 13.8 Å². The van der Waals surface area contributed by atoms with Crippen molar-refractivity contribution in [3.63, 3.8) is 0 Å². The average molecular weight is 264 g/mol. The Hall–Kier alpha value is -0.730. The maximum Gasteiger partial charge on any atom is 0.308 e. The lowest BCUT2D eigenvalue weighted by atomic mass is 9.84. The largest absolute Gasteiger partial charge is 0.456 e. The summed E-state index contributed by atoms with van der Waals surface area (Å²) in [6.45, 7) is 3.22. The number of aliphatic hydroxyl groups excluding tert-OH is 4. The van der Waals surface area contributed by atoms with E-state index >= 15 is 0 Å². The van der Waals surface area contributed by atoms with Crippen LogP contribution in [0.15, 0.2) is 0 Å². The van der Waals surface area contributed by atoms with Crippen LogP contribution in [0.1, 0.15) is 13.8 Å². The second-order valence-electron chi connectivity index (χ2n) is 4.72. The van der Waals surface area contributed by atoms with Crippen LogP contribution in [0.2, 0.25) is 0 Å². The third-order valence-electron chi connectivity index (χ3n) is 3.04. The molecule has 106 valence electrons. The van der Waals surface area contributed by atoms with Crippen molar-refractivity contribution in [2.45, 2.75) is 50.5 Å². The molecule has 0 aliphatic heterocycles. The third kappa shape index (κ3) is 2.81. The van der Waals surface area contributed by atoms with Gasteiger partial charge in [0.25, 0.3) is 0 Å². The van der Waals surface area contributed by atoms with E-state index in [1.54, 1.807) is 13.8 Å². The number of hydrogen-bond acceptors (Lipinski definition) is 7. The summed E-state index contributed by atoms with van der Waals surface area (Å²) in [6.07, 6.45) is -8.44. The van der Waals surface area contributed by atoms with E-state index < -0.39 is 48.5 Å². The van der Waals surface area contributed by atoms with E-state index in [0.717, 1.165) is 0 Å². The summed E-state index contributed by atoms with van der Waals surface area (Å²) in [5.74, 6) is -1.01. The molecule has 0 amide bonds. The van der Waals surface area contributed by atoms with Gasteiger partial charge in [-0.2, -0.15) is 0 Å². The van der Waals surface area contributed by atoms with Gasteiger partial charge in [-0.3, -0.25) is 4.79 Å². The molecule has 7 nitrogen and oxygen atoms in total. The average Bonchev–Trinajstić information content (AvgIpc) is 2.33. The number of rotatable bonds is 3. The Morgan fingerprint density at radius 1 is 0.944 bits per heavy atom. The molecule has 1 saturated carbocycles.